The zero-order valence-electron chi connectivity index (χ0n) is 15.9. The molecule has 0 bridgehead atoms. The Hall–Kier alpha value is -3.00. The molecule has 150 valence electrons. The van der Waals surface area contributed by atoms with Crippen LogP contribution in [0.25, 0.3) is 11.0 Å². The number of rotatable bonds is 6. The van der Waals surface area contributed by atoms with Gasteiger partial charge in [-0.15, -0.1) is 0 Å². The standard InChI is InChI=1S/C21H22N4O3S/c26-20(14-28-17-4-2-1-3-5-17)25-10-8-15(9-11-25)13-22-21(27)16-6-7-18-19(12-16)24-29-23-18/h1-7,12,15H,8-11,13-14H2,(H,22,27). The molecule has 1 aliphatic heterocycles. The van der Waals surface area contributed by atoms with Gasteiger partial charge in [0.05, 0.1) is 11.7 Å². The topological polar surface area (TPSA) is 84.4 Å². The lowest BCUT2D eigenvalue weighted by Crippen LogP contribution is -2.43. The molecule has 0 unspecified atom stereocenters. The predicted molar refractivity (Wildman–Crippen MR) is 111 cm³/mol. The van der Waals surface area contributed by atoms with Crippen molar-refractivity contribution in [1.29, 1.82) is 0 Å². The molecule has 0 atom stereocenters. The fourth-order valence-corrected chi connectivity index (χ4v) is 3.92. The Balaban J connectivity index is 1.20. The van der Waals surface area contributed by atoms with Crippen LogP contribution in [-0.4, -0.2) is 51.7 Å². The first-order valence-corrected chi connectivity index (χ1v) is 10.4. The van der Waals surface area contributed by atoms with Crippen molar-refractivity contribution in [2.75, 3.05) is 26.2 Å². The lowest BCUT2D eigenvalue weighted by molar-refractivity contribution is -0.134. The molecular formula is C21H22N4O3S. The number of benzene rings is 2. The summed E-state index contributed by atoms with van der Waals surface area (Å²) in [5.74, 6) is 0.962. The monoisotopic (exact) mass is 410 g/mol. The second-order valence-corrected chi connectivity index (χ2v) is 7.63. The van der Waals surface area contributed by atoms with E-state index in [0.717, 1.165) is 35.6 Å². The Morgan fingerprint density at radius 1 is 1.07 bits per heavy atom. The summed E-state index contributed by atoms with van der Waals surface area (Å²) in [6, 6.07) is 14.7. The third-order valence-corrected chi connectivity index (χ3v) is 5.70. The average molecular weight is 410 g/mol. The second kappa shape index (κ2) is 9.00. The number of likely N-dealkylation sites (tertiary alicyclic amines) is 1. The predicted octanol–water partition coefficient (Wildman–Crippen LogP) is 2.74. The van der Waals surface area contributed by atoms with E-state index in [1.807, 2.05) is 41.3 Å². The van der Waals surface area contributed by atoms with Crippen molar-refractivity contribution in [3.05, 3.63) is 54.1 Å². The molecule has 29 heavy (non-hydrogen) atoms. The van der Waals surface area contributed by atoms with E-state index in [1.54, 1.807) is 12.1 Å². The van der Waals surface area contributed by atoms with E-state index in [0.29, 0.717) is 36.9 Å². The van der Waals surface area contributed by atoms with Gasteiger partial charge in [0.25, 0.3) is 11.8 Å². The van der Waals surface area contributed by atoms with Gasteiger partial charge < -0.3 is 15.0 Å². The molecular weight excluding hydrogens is 388 g/mol. The third-order valence-electron chi connectivity index (χ3n) is 5.14. The first-order valence-electron chi connectivity index (χ1n) is 9.65. The number of carbonyl (C=O) groups excluding carboxylic acids is 2. The quantitative estimate of drug-likeness (QED) is 0.676. The molecule has 1 N–H and O–H groups in total. The molecule has 1 saturated heterocycles. The van der Waals surface area contributed by atoms with E-state index in [2.05, 4.69) is 14.1 Å². The fraction of sp³-hybridized carbons (Fsp3) is 0.333. The maximum atomic E-state index is 12.4. The third kappa shape index (κ3) is 4.89. The van der Waals surface area contributed by atoms with Gasteiger partial charge in [0.2, 0.25) is 0 Å². The van der Waals surface area contributed by atoms with Crippen molar-refractivity contribution >= 4 is 34.6 Å². The Bertz CT molecular complexity index is 984. The Kier molecular flexibility index (Phi) is 6.00. The molecule has 0 aliphatic carbocycles. The van der Waals surface area contributed by atoms with E-state index >= 15 is 0 Å². The van der Waals surface area contributed by atoms with Crippen LogP contribution in [0.5, 0.6) is 5.75 Å². The van der Waals surface area contributed by atoms with Crippen LogP contribution in [0, 0.1) is 5.92 Å². The summed E-state index contributed by atoms with van der Waals surface area (Å²) in [5.41, 5.74) is 2.14. The number of para-hydroxylation sites is 1. The van der Waals surface area contributed by atoms with Crippen LogP contribution in [0.4, 0.5) is 0 Å². The Morgan fingerprint density at radius 2 is 1.83 bits per heavy atom. The number of ether oxygens (including phenoxy) is 1. The first kappa shape index (κ1) is 19.3. The highest BCUT2D eigenvalue weighted by Gasteiger charge is 2.23. The molecule has 0 saturated carbocycles. The lowest BCUT2D eigenvalue weighted by atomic mass is 9.96. The highest BCUT2D eigenvalue weighted by atomic mass is 32.1. The first-order chi connectivity index (χ1) is 14.2. The second-order valence-electron chi connectivity index (χ2n) is 7.10. The number of hydrogen-bond donors (Lipinski definition) is 1. The number of piperidine rings is 1. The van der Waals surface area contributed by atoms with Gasteiger partial charge in [-0.3, -0.25) is 9.59 Å². The summed E-state index contributed by atoms with van der Waals surface area (Å²) in [7, 11) is 0. The molecule has 0 radical (unpaired) electrons. The Labute approximate surface area is 173 Å². The number of aromatic nitrogens is 2. The van der Waals surface area contributed by atoms with Crippen molar-refractivity contribution < 1.29 is 14.3 Å². The normalized spacial score (nSPS) is 14.7. The van der Waals surface area contributed by atoms with Crippen LogP contribution < -0.4 is 10.1 Å². The molecule has 2 amide bonds. The van der Waals surface area contributed by atoms with E-state index in [-0.39, 0.29) is 18.4 Å². The molecule has 1 aliphatic rings. The Morgan fingerprint density at radius 3 is 2.62 bits per heavy atom. The van der Waals surface area contributed by atoms with Gasteiger partial charge in [-0.05, 0) is 49.1 Å². The molecule has 0 spiro atoms. The highest BCUT2D eigenvalue weighted by molar-refractivity contribution is 7.00. The largest absolute Gasteiger partial charge is 0.484 e. The molecule has 2 aromatic carbocycles. The van der Waals surface area contributed by atoms with Gasteiger partial charge in [0, 0.05) is 25.2 Å². The summed E-state index contributed by atoms with van der Waals surface area (Å²) in [6.45, 7) is 2.04. The van der Waals surface area contributed by atoms with Crippen LogP contribution in [0.1, 0.15) is 23.2 Å². The number of nitrogens with one attached hydrogen (secondary N) is 1. The van der Waals surface area contributed by atoms with Gasteiger partial charge in [-0.1, -0.05) is 18.2 Å². The fourth-order valence-electron chi connectivity index (χ4n) is 3.40. The van der Waals surface area contributed by atoms with Gasteiger partial charge in [0.15, 0.2) is 6.61 Å². The van der Waals surface area contributed by atoms with E-state index < -0.39 is 0 Å². The minimum absolute atomic E-state index is 0.00140. The summed E-state index contributed by atoms with van der Waals surface area (Å²) >= 11 is 1.14. The maximum absolute atomic E-state index is 12.4. The maximum Gasteiger partial charge on any atom is 0.260 e. The minimum Gasteiger partial charge on any atom is -0.484 e. The molecule has 3 aromatic rings. The van der Waals surface area contributed by atoms with Crippen LogP contribution in [-0.2, 0) is 4.79 Å². The van der Waals surface area contributed by atoms with Crippen LogP contribution in [0.2, 0.25) is 0 Å². The SMILES string of the molecule is O=C(NCC1CCN(C(=O)COc2ccccc2)CC1)c1ccc2nsnc2c1. The van der Waals surface area contributed by atoms with Crippen molar-refractivity contribution in [3.63, 3.8) is 0 Å². The molecule has 1 aromatic heterocycles. The smallest absolute Gasteiger partial charge is 0.260 e. The van der Waals surface area contributed by atoms with Crippen molar-refractivity contribution in [3.8, 4) is 5.75 Å². The number of hydrogen-bond acceptors (Lipinski definition) is 6. The van der Waals surface area contributed by atoms with Gasteiger partial charge in [-0.2, -0.15) is 8.75 Å². The molecule has 7 nitrogen and oxygen atoms in total. The van der Waals surface area contributed by atoms with Crippen LogP contribution in [0.3, 0.4) is 0 Å². The number of nitrogens with zero attached hydrogens (tertiary/aromatic N) is 3. The average Bonchev–Trinajstić information content (AvgIpc) is 3.25. The number of amides is 2. The van der Waals surface area contributed by atoms with Crippen molar-refractivity contribution in [2.45, 2.75) is 12.8 Å². The summed E-state index contributed by atoms with van der Waals surface area (Å²) in [6.07, 6.45) is 1.73. The van der Waals surface area contributed by atoms with Crippen LogP contribution >= 0.6 is 11.7 Å². The van der Waals surface area contributed by atoms with E-state index in [1.165, 1.54) is 0 Å². The minimum atomic E-state index is -0.102. The van der Waals surface area contributed by atoms with Crippen molar-refractivity contribution in [1.82, 2.24) is 19.0 Å². The summed E-state index contributed by atoms with van der Waals surface area (Å²) < 4.78 is 13.9. The van der Waals surface area contributed by atoms with Crippen molar-refractivity contribution in [2.24, 2.45) is 5.92 Å². The van der Waals surface area contributed by atoms with Gasteiger partial charge >= 0.3 is 0 Å². The van der Waals surface area contributed by atoms with E-state index in [4.69, 9.17) is 4.74 Å². The number of fused-ring (bicyclic) bond motifs is 1. The van der Waals surface area contributed by atoms with Gasteiger partial charge in [-0.25, -0.2) is 0 Å². The van der Waals surface area contributed by atoms with Gasteiger partial charge in [0.1, 0.15) is 16.8 Å². The van der Waals surface area contributed by atoms with E-state index in [9.17, 15) is 9.59 Å². The lowest BCUT2D eigenvalue weighted by Gasteiger charge is -2.32. The zero-order valence-corrected chi connectivity index (χ0v) is 16.7. The van der Waals surface area contributed by atoms with Crippen LogP contribution in [0.15, 0.2) is 48.5 Å². The summed E-state index contributed by atoms with van der Waals surface area (Å²) in [4.78, 5) is 26.6. The molecule has 2 heterocycles. The summed E-state index contributed by atoms with van der Waals surface area (Å²) in [5, 5.41) is 3.00. The zero-order chi connectivity index (χ0) is 20.1. The number of carbonyl (C=O) groups is 2. The highest BCUT2D eigenvalue weighted by Crippen LogP contribution is 2.18. The molecule has 4 rings (SSSR count). The molecule has 8 heteroatoms. The molecule has 1 fully saturated rings.